The molecule has 2 heterocycles. The predicted molar refractivity (Wildman–Crippen MR) is 137 cm³/mol. The fourth-order valence-corrected chi connectivity index (χ4v) is 4.53. The van der Waals surface area contributed by atoms with E-state index in [1.165, 1.54) is 24.9 Å². The second-order valence-electron chi connectivity index (χ2n) is 8.89. The Morgan fingerprint density at radius 1 is 1.05 bits per heavy atom. The van der Waals surface area contributed by atoms with Crippen molar-refractivity contribution in [2.24, 2.45) is 5.92 Å². The number of nitrogens with zero attached hydrogens (tertiary/aromatic N) is 1. The number of carbonyl (C=O) groups excluding carboxylic acids is 1. The molecule has 0 N–H and O–H groups in total. The standard InChI is InChI=1S/C24H21Cl2F2NO3.C4H6O/c25-19-14-29-15-20(26)18(19)13-22(17-10-4-5-11-21(17)32-24(27)28)31-23(30)12-6-9-16-7-2-1-3-8-16;1-3-2-5-4(1)3/h1-5,7-8,10-11,14-15,22,24H,6,9,12-13H2;3-4H,1-2H2. The van der Waals surface area contributed by atoms with Crippen molar-refractivity contribution in [2.45, 2.75) is 50.9 Å². The maximum Gasteiger partial charge on any atom is 0.387 e. The van der Waals surface area contributed by atoms with Gasteiger partial charge in [0.25, 0.3) is 0 Å². The van der Waals surface area contributed by atoms with E-state index < -0.39 is 18.7 Å². The number of hydrogen-bond donors (Lipinski definition) is 0. The summed E-state index contributed by atoms with van der Waals surface area (Å²) in [5.41, 5.74) is 1.91. The minimum absolute atomic E-state index is 0.0776. The summed E-state index contributed by atoms with van der Waals surface area (Å²) < 4.78 is 41.2. The van der Waals surface area contributed by atoms with Crippen LogP contribution in [-0.2, 0) is 27.1 Å². The molecule has 1 aliphatic heterocycles. The van der Waals surface area contributed by atoms with Crippen LogP contribution in [0.2, 0.25) is 10.0 Å². The molecule has 2 aromatic carbocycles. The normalized spacial score (nSPS) is 18.1. The zero-order chi connectivity index (χ0) is 26.2. The van der Waals surface area contributed by atoms with E-state index in [1.54, 1.807) is 18.2 Å². The van der Waals surface area contributed by atoms with Gasteiger partial charge in [-0.2, -0.15) is 8.78 Å². The first-order chi connectivity index (χ1) is 17.9. The fourth-order valence-electron chi connectivity index (χ4n) is 4.01. The highest BCUT2D eigenvalue weighted by Crippen LogP contribution is 2.42. The molecule has 3 aromatic rings. The van der Waals surface area contributed by atoms with E-state index in [1.807, 2.05) is 30.3 Å². The number of carbonyl (C=O) groups is 1. The van der Waals surface area contributed by atoms with Crippen LogP contribution in [0.3, 0.4) is 0 Å². The number of esters is 1. The molecule has 1 saturated carbocycles. The average molecular weight is 550 g/mol. The highest BCUT2D eigenvalue weighted by Gasteiger charge is 2.46. The number of para-hydroxylation sites is 1. The second-order valence-corrected chi connectivity index (χ2v) is 9.70. The molecule has 5 nitrogen and oxygen atoms in total. The molecular formula is C28H27Cl2F2NO4. The summed E-state index contributed by atoms with van der Waals surface area (Å²) in [6, 6.07) is 16.0. The van der Waals surface area contributed by atoms with Crippen molar-refractivity contribution in [3.63, 3.8) is 0 Å². The van der Waals surface area contributed by atoms with Gasteiger partial charge in [0.1, 0.15) is 11.9 Å². The third kappa shape index (κ3) is 8.12. The van der Waals surface area contributed by atoms with Crippen LogP contribution in [-0.4, -0.2) is 30.3 Å². The van der Waals surface area contributed by atoms with Crippen molar-refractivity contribution < 1.29 is 27.8 Å². The van der Waals surface area contributed by atoms with Gasteiger partial charge in [-0.3, -0.25) is 9.78 Å². The maximum atomic E-state index is 12.9. The third-order valence-corrected chi connectivity index (χ3v) is 6.82. The molecule has 37 heavy (non-hydrogen) atoms. The molecule has 5 rings (SSSR count). The first kappa shape index (κ1) is 27.3. The number of halogens is 4. The van der Waals surface area contributed by atoms with E-state index in [9.17, 15) is 13.6 Å². The van der Waals surface area contributed by atoms with Gasteiger partial charge in [-0.25, -0.2) is 0 Å². The number of hydrogen-bond acceptors (Lipinski definition) is 5. The van der Waals surface area contributed by atoms with Gasteiger partial charge in [0.05, 0.1) is 22.8 Å². The Morgan fingerprint density at radius 3 is 2.32 bits per heavy atom. The molecule has 0 bridgehead atoms. The number of fused-ring (bicyclic) bond motifs is 1. The Labute approximate surface area is 224 Å². The molecule has 196 valence electrons. The number of ether oxygens (including phenoxy) is 3. The molecule has 9 heteroatoms. The summed E-state index contributed by atoms with van der Waals surface area (Å²) in [7, 11) is 0. The van der Waals surface area contributed by atoms with E-state index >= 15 is 0 Å². The van der Waals surface area contributed by atoms with Crippen molar-refractivity contribution in [1.29, 1.82) is 0 Å². The molecule has 3 unspecified atom stereocenters. The lowest BCUT2D eigenvalue weighted by atomic mass is 10.0. The Balaban J connectivity index is 0.000000559. The smallest absolute Gasteiger partial charge is 0.387 e. The quantitative estimate of drug-likeness (QED) is 0.249. The number of benzene rings is 2. The summed E-state index contributed by atoms with van der Waals surface area (Å²) >= 11 is 12.5. The van der Waals surface area contributed by atoms with Crippen LogP contribution >= 0.6 is 23.2 Å². The monoisotopic (exact) mass is 549 g/mol. The molecule has 0 amide bonds. The van der Waals surface area contributed by atoms with Gasteiger partial charge in [0, 0.05) is 36.7 Å². The predicted octanol–water partition coefficient (Wildman–Crippen LogP) is 7.24. The van der Waals surface area contributed by atoms with E-state index in [0.717, 1.165) is 24.2 Å². The zero-order valence-electron chi connectivity index (χ0n) is 20.0. The largest absolute Gasteiger partial charge is 0.457 e. The van der Waals surface area contributed by atoms with Gasteiger partial charge in [-0.1, -0.05) is 71.7 Å². The number of alkyl halides is 2. The van der Waals surface area contributed by atoms with Gasteiger partial charge < -0.3 is 14.2 Å². The zero-order valence-corrected chi connectivity index (χ0v) is 21.5. The van der Waals surface area contributed by atoms with E-state index in [-0.39, 0.29) is 28.6 Å². The molecular weight excluding hydrogens is 523 g/mol. The maximum absolute atomic E-state index is 12.9. The SMILES string of the molecule is C1OC2CC12.O=C(CCCc1ccccc1)OC(Cc1c(Cl)cncc1Cl)c1ccccc1OC(F)F. The van der Waals surface area contributed by atoms with Crippen LogP contribution in [0.15, 0.2) is 67.0 Å². The van der Waals surface area contributed by atoms with Gasteiger partial charge in [-0.15, -0.1) is 0 Å². The molecule has 1 saturated heterocycles. The van der Waals surface area contributed by atoms with Crippen molar-refractivity contribution in [2.75, 3.05) is 6.61 Å². The van der Waals surface area contributed by atoms with Crippen LogP contribution in [0.1, 0.15) is 42.1 Å². The number of rotatable bonds is 10. The van der Waals surface area contributed by atoms with Crippen LogP contribution in [0.4, 0.5) is 8.78 Å². The number of aryl methyl sites for hydroxylation is 1. The lowest BCUT2D eigenvalue weighted by Crippen LogP contribution is -2.16. The molecule has 0 radical (unpaired) electrons. The Kier molecular flexibility index (Phi) is 9.72. The van der Waals surface area contributed by atoms with Crippen molar-refractivity contribution >= 4 is 29.2 Å². The lowest BCUT2D eigenvalue weighted by molar-refractivity contribution is -0.149. The van der Waals surface area contributed by atoms with Gasteiger partial charge >= 0.3 is 12.6 Å². The van der Waals surface area contributed by atoms with Crippen molar-refractivity contribution in [1.82, 2.24) is 4.98 Å². The van der Waals surface area contributed by atoms with Crippen molar-refractivity contribution in [3.05, 3.63) is 93.7 Å². The van der Waals surface area contributed by atoms with Gasteiger partial charge in [0.2, 0.25) is 0 Å². The first-order valence-corrected chi connectivity index (χ1v) is 12.8. The van der Waals surface area contributed by atoms with Crippen LogP contribution in [0.25, 0.3) is 0 Å². The van der Waals surface area contributed by atoms with Crippen LogP contribution in [0.5, 0.6) is 5.75 Å². The summed E-state index contributed by atoms with van der Waals surface area (Å²) in [6.07, 6.45) is 5.55. The summed E-state index contributed by atoms with van der Waals surface area (Å²) in [5.74, 6) is 0.472. The summed E-state index contributed by atoms with van der Waals surface area (Å²) in [4.78, 5) is 16.5. The lowest BCUT2D eigenvalue weighted by Gasteiger charge is -2.22. The minimum atomic E-state index is -3.02. The Morgan fingerprint density at radius 2 is 1.73 bits per heavy atom. The minimum Gasteiger partial charge on any atom is -0.457 e. The molecule has 0 spiro atoms. The third-order valence-electron chi connectivity index (χ3n) is 6.17. The highest BCUT2D eigenvalue weighted by atomic mass is 35.5. The molecule has 1 aromatic heterocycles. The summed E-state index contributed by atoms with van der Waals surface area (Å²) in [5, 5.41) is 0.574. The fraction of sp³-hybridized carbons (Fsp3) is 0.357. The van der Waals surface area contributed by atoms with Crippen molar-refractivity contribution in [3.8, 4) is 5.75 Å². The second kappa shape index (κ2) is 13.2. The highest BCUT2D eigenvalue weighted by molar-refractivity contribution is 6.35. The topological polar surface area (TPSA) is 57.7 Å². The van der Waals surface area contributed by atoms with Gasteiger partial charge in [-0.05, 0) is 36.5 Å². The first-order valence-electron chi connectivity index (χ1n) is 12.1. The van der Waals surface area contributed by atoms with E-state index in [0.29, 0.717) is 24.0 Å². The summed E-state index contributed by atoms with van der Waals surface area (Å²) in [6.45, 7) is -1.96. The van der Waals surface area contributed by atoms with E-state index in [4.69, 9.17) is 32.7 Å². The van der Waals surface area contributed by atoms with E-state index in [2.05, 4.69) is 9.72 Å². The average Bonchev–Trinajstić information content (AvgIpc) is 3.46. The van der Waals surface area contributed by atoms with Crippen LogP contribution in [0, 0.1) is 5.92 Å². The Hall–Kier alpha value is -2.74. The number of aromatic nitrogens is 1. The molecule has 1 aliphatic carbocycles. The molecule has 2 aliphatic rings. The number of pyridine rings is 1. The molecule has 3 atom stereocenters. The van der Waals surface area contributed by atoms with Gasteiger partial charge in [0.15, 0.2) is 0 Å². The molecule has 2 fully saturated rings. The Bertz CT molecular complexity index is 1150. The van der Waals surface area contributed by atoms with Crippen LogP contribution < -0.4 is 4.74 Å².